The molecular formula is C22H25N3OS. The van der Waals surface area contributed by atoms with Crippen LogP contribution in [0, 0.1) is 12.8 Å². The zero-order valence-corrected chi connectivity index (χ0v) is 16.7. The summed E-state index contributed by atoms with van der Waals surface area (Å²) in [6.07, 6.45) is 4.19. The lowest BCUT2D eigenvalue weighted by atomic mass is 9.99. The number of rotatable bonds is 4. The number of benzene rings is 1. The molecule has 0 aliphatic carbocycles. The Bertz CT molecular complexity index is 917. The molecule has 5 heteroatoms. The summed E-state index contributed by atoms with van der Waals surface area (Å²) in [5.74, 6) is 0.932. The highest BCUT2D eigenvalue weighted by atomic mass is 32.1. The van der Waals surface area contributed by atoms with Crippen LogP contribution in [0.1, 0.15) is 25.3 Å². The number of carbonyl (C=O) groups excluding carboxylic acids is 1. The van der Waals surface area contributed by atoms with Crippen LogP contribution in [0.15, 0.2) is 48.0 Å². The van der Waals surface area contributed by atoms with Gasteiger partial charge in [-0.25, -0.2) is 4.98 Å². The number of carbonyl (C=O) groups is 1. The van der Waals surface area contributed by atoms with Crippen LogP contribution in [0.25, 0.3) is 22.0 Å². The fraction of sp³-hybridized carbons (Fsp3) is 0.364. The first-order valence-electron chi connectivity index (χ1n) is 9.56. The predicted molar refractivity (Wildman–Crippen MR) is 111 cm³/mol. The molecule has 4 nitrogen and oxygen atoms in total. The number of piperidine rings is 1. The molecule has 2 aromatic heterocycles. The van der Waals surface area contributed by atoms with Crippen LogP contribution in [0.5, 0.6) is 0 Å². The van der Waals surface area contributed by atoms with Crippen LogP contribution >= 0.6 is 11.3 Å². The van der Waals surface area contributed by atoms with Gasteiger partial charge in [0.15, 0.2) is 0 Å². The zero-order chi connectivity index (χ0) is 18.8. The van der Waals surface area contributed by atoms with E-state index in [9.17, 15) is 4.79 Å². The molecule has 140 valence electrons. The van der Waals surface area contributed by atoms with Crippen molar-refractivity contribution < 1.29 is 4.79 Å². The van der Waals surface area contributed by atoms with Gasteiger partial charge < -0.3 is 9.47 Å². The first kappa shape index (κ1) is 18.0. The second kappa shape index (κ2) is 7.69. The van der Waals surface area contributed by atoms with Crippen molar-refractivity contribution in [2.24, 2.45) is 5.92 Å². The van der Waals surface area contributed by atoms with Crippen LogP contribution in [0.4, 0.5) is 0 Å². The van der Waals surface area contributed by atoms with Crippen LogP contribution in [-0.4, -0.2) is 33.4 Å². The molecular weight excluding hydrogens is 354 g/mol. The first-order chi connectivity index (χ1) is 13.1. The molecule has 0 radical (unpaired) electrons. The molecule has 0 bridgehead atoms. The Hall–Kier alpha value is -2.40. The lowest BCUT2D eigenvalue weighted by Gasteiger charge is -2.30. The van der Waals surface area contributed by atoms with E-state index >= 15 is 0 Å². The van der Waals surface area contributed by atoms with E-state index in [0.29, 0.717) is 6.54 Å². The van der Waals surface area contributed by atoms with Gasteiger partial charge in [-0.05, 0) is 37.8 Å². The van der Waals surface area contributed by atoms with Gasteiger partial charge in [-0.2, -0.15) is 0 Å². The molecule has 0 atom stereocenters. The Labute approximate surface area is 164 Å². The number of amides is 1. The summed E-state index contributed by atoms with van der Waals surface area (Å²) in [5.41, 5.74) is 4.37. The van der Waals surface area contributed by atoms with Crippen LogP contribution in [0.3, 0.4) is 0 Å². The van der Waals surface area contributed by atoms with Crippen molar-refractivity contribution in [1.29, 1.82) is 0 Å². The van der Waals surface area contributed by atoms with Crippen LogP contribution in [-0.2, 0) is 11.3 Å². The minimum Gasteiger partial charge on any atom is -0.341 e. The highest BCUT2D eigenvalue weighted by molar-refractivity contribution is 7.13. The third kappa shape index (κ3) is 3.98. The lowest BCUT2D eigenvalue weighted by molar-refractivity contribution is -0.133. The van der Waals surface area contributed by atoms with Gasteiger partial charge >= 0.3 is 0 Å². The van der Waals surface area contributed by atoms with Crippen molar-refractivity contribution >= 4 is 17.2 Å². The van der Waals surface area contributed by atoms with Crippen molar-refractivity contribution in [2.45, 2.75) is 33.2 Å². The average molecular weight is 380 g/mol. The molecule has 1 aliphatic heterocycles. The maximum absolute atomic E-state index is 12.7. The molecule has 27 heavy (non-hydrogen) atoms. The van der Waals surface area contributed by atoms with Crippen LogP contribution < -0.4 is 0 Å². The number of hydrogen-bond donors (Lipinski definition) is 0. The number of aryl methyl sites for hydroxylation is 1. The summed E-state index contributed by atoms with van der Waals surface area (Å²) in [4.78, 5) is 19.5. The number of nitrogens with zero attached hydrogens (tertiary/aromatic N) is 3. The number of thiazole rings is 1. The SMILES string of the molecule is Cc1ccc(-c2csc(-c3cccn3CC(=O)N3CCC(C)CC3)n2)cc1. The van der Waals surface area contributed by atoms with E-state index in [1.807, 2.05) is 27.8 Å². The van der Waals surface area contributed by atoms with E-state index in [1.165, 1.54) is 5.56 Å². The van der Waals surface area contributed by atoms with E-state index in [4.69, 9.17) is 4.98 Å². The molecule has 0 saturated carbocycles. The minimum absolute atomic E-state index is 0.203. The third-order valence-electron chi connectivity index (χ3n) is 5.34. The van der Waals surface area contributed by atoms with Crippen molar-refractivity contribution in [2.75, 3.05) is 13.1 Å². The highest BCUT2D eigenvalue weighted by Gasteiger charge is 2.21. The molecule has 1 aliphatic rings. The maximum Gasteiger partial charge on any atom is 0.242 e. The smallest absolute Gasteiger partial charge is 0.242 e. The standard InChI is InChI=1S/C22H25N3OS/c1-16-5-7-18(8-6-16)19-15-27-22(23-19)20-4-3-11-25(20)14-21(26)24-12-9-17(2)10-13-24/h3-8,11,15,17H,9-10,12-14H2,1-2H3. The van der Waals surface area contributed by atoms with Gasteiger partial charge in [0.2, 0.25) is 5.91 Å². The molecule has 3 heterocycles. The minimum atomic E-state index is 0.203. The summed E-state index contributed by atoms with van der Waals surface area (Å²) < 4.78 is 2.03. The van der Waals surface area contributed by atoms with E-state index in [2.05, 4.69) is 43.5 Å². The predicted octanol–water partition coefficient (Wildman–Crippen LogP) is 4.85. The highest BCUT2D eigenvalue weighted by Crippen LogP contribution is 2.29. The number of hydrogen-bond acceptors (Lipinski definition) is 3. The Balaban J connectivity index is 1.50. The summed E-state index contributed by atoms with van der Waals surface area (Å²) in [7, 11) is 0. The fourth-order valence-corrected chi connectivity index (χ4v) is 4.37. The largest absolute Gasteiger partial charge is 0.341 e. The van der Waals surface area contributed by atoms with Crippen LogP contribution in [0.2, 0.25) is 0 Å². The van der Waals surface area contributed by atoms with Crippen molar-refractivity contribution in [3.05, 3.63) is 53.5 Å². The topological polar surface area (TPSA) is 38.1 Å². The Morgan fingerprint density at radius 2 is 1.93 bits per heavy atom. The van der Waals surface area contributed by atoms with E-state index in [0.717, 1.165) is 53.8 Å². The molecule has 3 aromatic rings. The molecule has 0 unspecified atom stereocenters. The summed E-state index contributed by atoms with van der Waals surface area (Å²) in [5, 5.41) is 3.04. The lowest BCUT2D eigenvalue weighted by Crippen LogP contribution is -2.39. The number of likely N-dealkylation sites (tertiary alicyclic amines) is 1. The van der Waals surface area contributed by atoms with Gasteiger partial charge in [-0.3, -0.25) is 4.79 Å². The monoisotopic (exact) mass is 379 g/mol. The second-order valence-corrected chi connectivity index (χ2v) is 8.35. The molecule has 4 rings (SSSR count). The zero-order valence-electron chi connectivity index (χ0n) is 15.9. The van der Waals surface area contributed by atoms with Crippen molar-refractivity contribution in [1.82, 2.24) is 14.5 Å². The van der Waals surface area contributed by atoms with Crippen molar-refractivity contribution in [3.63, 3.8) is 0 Å². The van der Waals surface area contributed by atoms with Crippen molar-refractivity contribution in [3.8, 4) is 22.0 Å². The molecule has 1 aromatic carbocycles. The number of aromatic nitrogens is 2. The van der Waals surface area contributed by atoms with Gasteiger partial charge in [0.05, 0.1) is 11.4 Å². The van der Waals surface area contributed by atoms with Gasteiger partial charge in [-0.1, -0.05) is 36.8 Å². The molecule has 0 N–H and O–H groups in total. The first-order valence-corrected chi connectivity index (χ1v) is 10.4. The quantitative estimate of drug-likeness (QED) is 0.650. The average Bonchev–Trinajstić information content (AvgIpc) is 3.32. The van der Waals surface area contributed by atoms with E-state index in [-0.39, 0.29) is 5.91 Å². The Morgan fingerprint density at radius 1 is 1.19 bits per heavy atom. The third-order valence-corrected chi connectivity index (χ3v) is 6.21. The Morgan fingerprint density at radius 3 is 2.67 bits per heavy atom. The van der Waals surface area contributed by atoms with Gasteiger partial charge in [-0.15, -0.1) is 11.3 Å². The maximum atomic E-state index is 12.7. The molecule has 0 spiro atoms. The molecule has 1 saturated heterocycles. The molecule has 1 amide bonds. The summed E-state index contributed by atoms with van der Waals surface area (Å²) in [6.45, 7) is 6.50. The Kier molecular flexibility index (Phi) is 5.12. The van der Waals surface area contributed by atoms with Gasteiger partial charge in [0.1, 0.15) is 11.6 Å². The summed E-state index contributed by atoms with van der Waals surface area (Å²) >= 11 is 1.63. The second-order valence-electron chi connectivity index (χ2n) is 7.49. The van der Waals surface area contributed by atoms with E-state index < -0.39 is 0 Å². The molecule has 1 fully saturated rings. The van der Waals surface area contributed by atoms with E-state index in [1.54, 1.807) is 11.3 Å². The summed E-state index contributed by atoms with van der Waals surface area (Å²) in [6, 6.07) is 12.5. The normalized spacial score (nSPS) is 15.3. The van der Waals surface area contributed by atoms with Gasteiger partial charge in [0, 0.05) is 30.2 Å². The van der Waals surface area contributed by atoms with Gasteiger partial charge in [0.25, 0.3) is 0 Å². The fourth-order valence-electron chi connectivity index (χ4n) is 3.50.